The van der Waals surface area contributed by atoms with Crippen molar-refractivity contribution in [2.45, 2.75) is 32.5 Å². The van der Waals surface area contributed by atoms with Gasteiger partial charge in [0.2, 0.25) is 5.91 Å². The molecule has 1 aliphatic rings. The predicted octanol–water partition coefficient (Wildman–Crippen LogP) is 3.64. The van der Waals surface area contributed by atoms with Gasteiger partial charge < -0.3 is 4.90 Å². The highest BCUT2D eigenvalue weighted by Gasteiger charge is 2.27. The summed E-state index contributed by atoms with van der Waals surface area (Å²) in [7, 11) is 1.90. The van der Waals surface area contributed by atoms with Crippen LogP contribution in [0.3, 0.4) is 0 Å². The summed E-state index contributed by atoms with van der Waals surface area (Å²) in [6.07, 6.45) is 4.68. The lowest BCUT2D eigenvalue weighted by Crippen LogP contribution is -2.47. The molecule has 4 heteroatoms. The van der Waals surface area contributed by atoms with Crippen LogP contribution in [0.15, 0.2) is 60.9 Å². The van der Waals surface area contributed by atoms with Gasteiger partial charge in [0.1, 0.15) is 0 Å². The number of rotatable bonds is 4. The van der Waals surface area contributed by atoms with Crippen LogP contribution in [0.25, 0.3) is 10.8 Å². The van der Waals surface area contributed by atoms with Crippen LogP contribution >= 0.6 is 0 Å². The minimum absolute atomic E-state index is 0.125. The van der Waals surface area contributed by atoms with Crippen LogP contribution in [0.2, 0.25) is 0 Å². The van der Waals surface area contributed by atoms with E-state index in [9.17, 15) is 4.79 Å². The van der Waals surface area contributed by atoms with Crippen molar-refractivity contribution in [3.8, 4) is 0 Å². The van der Waals surface area contributed by atoms with Crippen molar-refractivity contribution in [2.75, 3.05) is 13.6 Å². The second-order valence-electron chi connectivity index (χ2n) is 7.37. The van der Waals surface area contributed by atoms with E-state index in [1.54, 1.807) is 6.20 Å². The molecule has 27 heavy (non-hydrogen) atoms. The van der Waals surface area contributed by atoms with Crippen LogP contribution in [0, 0.1) is 0 Å². The summed E-state index contributed by atoms with van der Waals surface area (Å²) < 4.78 is 0. The summed E-state index contributed by atoms with van der Waals surface area (Å²) in [5, 5.41) is 2.27. The molecular weight excluding hydrogens is 334 g/mol. The van der Waals surface area contributed by atoms with Crippen molar-refractivity contribution in [1.29, 1.82) is 0 Å². The van der Waals surface area contributed by atoms with E-state index in [1.807, 2.05) is 37.2 Å². The summed E-state index contributed by atoms with van der Waals surface area (Å²) in [6.45, 7) is 4.41. The van der Waals surface area contributed by atoms with E-state index in [1.165, 1.54) is 11.1 Å². The van der Waals surface area contributed by atoms with Gasteiger partial charge in [0.25, 0.3) is 0 Å². The monoisotopic (exact) mass is 359 g/mol. The summed E-state index contributed by atoms with van der Waals surface area (Å²) in [5.74, 6) is 0.167. The second-order valence-corrected chi connectivity index (χ2v) is 7.37. The lowest BCUT2D eigenvalue weighted by Gasteiger charge is -2.34. The highest BCUT2D eigenvalue weighted by Crippen LogP contribution is 2.22. The molecule has 3 aromatic rings. The molecule has 1 aromatic heterocycles. The number of nitrogens with zero attached hydrogens (tertiary/aromatic N) is 3. The average Bonchev–Trinajstić information content (AvgIpc) is 2.72. The van der Waals surface area contributed by atoms with Gasteiger partial charge in [-0.3, -0.25) is 14.7 Å². The van der Waals surface area contributed by atoms with E-state index in [-0.39, 0.29) is 11.9 Å². The summed E-state index contributed by atoms with van der Waals surface area (Å²) in [6, 6.07) is 16.6. The lowest BCUT2D eigenvalue weighted by molar-refractivity contribution is -0.136. The molecule has 1 aliphatic heterocycles. The van der Waals surface area contributed by atoms with Crippen molar-refractivity contribution in [1.82, 2.24) is 14.8 Å². The van der Waals surface area contributed by atoms with Gasteiger partial charge in [-0.05, 0) is 41.5 Å². The summed E-state index contributed by atoms with van der Waals surface area (Å²) >= 11 is 0. The number of benzene rings is 2. The number of hydrogen-bond acceptors (Lipinski definition) is 3. The Morgan fingerprint density at radius 3 is 2.81 bits per heavy atom. The number of hydrogen-bond donors (Lipinski definition) is 0. The van der Waals surface area contributed by atoms with Gasteiger partial charge in [0, 0.05) is 44.5 Å². The second kappa shape index (κ2) is 7.49. The fourth-order valence-electron chi connectivity index (χ4n) is 3.98. The fraction of sp³-hybridized carbons (Fsp3) is 0.304. The van der Waals surface area contributed by atoms with Gasteiger partial charge in [0.05, 0.1) is 6.04 Å². The van der Waals surface area contributed by atoms with Gasteiger partial charge in [-0.1, -0.05) is 42.5 Å². The maximum absolute atomic E-state index is 13.1. The zero-order chi connectivity index (χ0) is 18.8. The largest absolute Gasteiger partial charge is 0.340 e. The number of fused-ring (bicyclic) bond motifs is 2. The molecule has 1 amide bonds. The Morgan fingerprint density at radius 1 is 1.15 bits per heavy atom. The Labute approximate surface area is 160 Å². The first-order chi connectivity index (χ1) is 13.1. The molecule has 0 aliphatic carbocycles. The fourth-order valence-corrected chi connectivity index (χ4v) is 3.98. The third-order valence-electron chi connectivity index (χ3n) is 5.62. The Hall–Kier alpha value is -2.72. The number of carbonyl (C=O) groups excluding carboxylic acids is 1. The molecule has 4 rings (SSSR count). The molecule has 4 nitrogen and oxygen atoms in total. The maximum atomic E-state index is 13.1. The number of likely N-dealkylation sites (N-methyl/N-ethyl adjacent to an activating group) is 1. The molecule has 0 saturated heterocycles. The molecule has 138 valence electrons. The summed E-state index contributed by atoms with van der Waals surface area (Å²) in [5.41, 5.74) is 3.90. The third-order valence-corrected chi connectivity index (χ3v) is 5.62. The van der Waals surface area contributed by atoms with Crippen LogP contribution in [0.5, 0.6) is 0 Å². The highest BCUT2D eigenvalue weighted by atomic mass is 16.2. The topological polar surface area (TPSA) is 36.4 Å². The van der Waals surface area contributed by atoms with Crippen LogP contribution in [0.1, 0.15) is 23.6 Å². The molecule has 0 fully saturated rings. The zero-order valence-electron chi connectivity index (χ0n) is 15.9. The van der Waals surface area contributed by atoms with Crippen molar-refractivity contribution >= 4 is 16.7 Å². The van der Waals surface area contributed by atoms with Gasteiger partial charge >= 0.3 is 0 Å². The van der Waals surface area contributed by atoms with E-state index in [2.05, 4.69) is 46.3 Å². The van der Waals surface area contributed by atoms with E-state index >= 15 is 0 Å². The normalized spacial score (nSPS) is 15.3. The minimum Gasteiger partial charge on any atom is -0.340 e. The van der Waals surface area contributed by atoms with Crippen LogP contribution in [-0.4, -0.2) is 40.3 Å². The maximum Gasteiger partial charge on any atom is 0.239 e. The van der Waals surface area contributed by atoms with E-state index in [0.29, 0.717) is 6.54 Å². The summed E-state index contributed by atoms with van der Waals surface area (Å²) in [4.78, 5) is 21.4. The van der Waals surface area contributed by atoms with E-state index in [0.717, 1.165) is 35.8 Å². The molecule has 0 bridgehead atoms. The molecule has 0 N–H and O–H groups in total. The van der Waals surface area contributed by atoms with Crippen molar-refractivity contribution in [2.24, 2.45) is 0 Å². The third kappa shape index (κ3) is 3.58. The van der Waals surface area contributed by atoms with Crippen molar-refractivity contribution < 1.29 is 4.79 Å². The number of aromatic nitrogens is 1. The minimum atomic E-state index is -0.125. The van der Waals surface area contributed by atoms with Crippen molar-refractivity contribution in [3.63, 3.8) is 0 Å². The Balaban J connectivity index is 1.47. The van der Waals surface area contributed by atoms with E-state index < -0.39 is 0 Å². The molecular formula is C23H25N3O. The van der Waals surface area contributed by atoms with Gasteiger partial charge in [-0.25, -0.2) is 0 Å². The molecule has 1 unspecified atom stereocenters. The quantitative estimate of drug-likeness (QED) is 0.714. The SMILES string of the molecule is CC(C(=O)N(C)Cc1cccc2cnccc12)N1CCc2ccccc2C1. The van der Waals surface area contributed by atoms with Crippen LogP contribution < -0.4 is 0 Å². The average molecular weight is 359 g/mol. The number of pyridine rings is 1. The molecule has 0 radical (unpaired) electrons. The lowest BCUT2D eigenvalue weighted by atomic mass is 9.98. The zero-order valence-corrected chi connectivity index (χ0v) is 15.9. The first-order valence-corrected chi connectivity index (χ1v) is 9.51. The molecule has 2 heterocycles. The van der Waals surface area contributed by atoms with Gasteiger partial charge in [-0.2, -0.15) is 0 Å². The van der Waals surface area contributed by atoms with Crippen LogP contribution in [0.4, 0.5) is 0 Å². The predicted molar refractivity (Wildman–Crippen MR) is 108 cm³/mol. The molecule has 2 aromatic carbocycles. The van der Waals surface area contributed by atoms with Gasteiger partial charge in [0.15, 0.2) is 0 Å². The molecule has 0 spiro atoms. The smallest absolute Gasteiger partial charge is 0.239 e. The van der Waals surface area contributed by atoms with E-state index in [4.69, 9.17) is 0 Å². The Kier molecular flexibility index (Phi) is 4.90. The van der Waals surface area contributed by atoms with Gasteiger partial charge in [-0.15, -0.1) is 0 Å². The molecule has 1 atom stereocenters. The number of carbonyl (C=O) groups is 1. The molecule has 0 saturated carbocycles. The Morgan fingerprint density at radius 2 is 1.96 bits per heavy atom. The standard InChI is InChI=1S/C23H25N3O/c1-17(26-13-11-18-6-3-4-7-20(18)16-26)23(27)25(2)15-21-9-5-8-19-14-24-12-10-22(19)21/h3-10,12,14,17H,11,13,15-16H2,1-2H3. The van der Waals surface area contributed by atoms with Crippen LogP contribution in [-0.2, 0) is 24.3 Å². The first-order valence-electron chi connectivity index (χ1n) is 9.51. The van der Waals surface area contributed by atoms with Crippen molar-refractivity contribution in [3.05, 3.63) is 77.6 Å². The Bertz CT molecular complexity index is 963. The highest BCUT2D eigenvalue weighted by molar-refractivity contribution is 5.86. The first kappa shape index (κ1) is 17.7. The number of amides is 1.